The Balaban J connectivity index is 1.81. The number of carbonyl (C=O) groups excluding carboxylic acids is 1. The second-order valence-corrected chi connectivity index (χ2v) is 6.59. The summed E-state index contributed by atoms with van der Waals surface area (Å²) in [6.07, 6.45) is 1.61. The molecule has 10 heteroatoms. The lowest BCUT2D eigenvalue weighted by atomic mass is 10.2. The van der Waals surface area contributed by atoms with E-state index in [1.807, 2.05) is 0 Å². The first-order valence-electron chi connectivity index (χ1n) is 7.62. The van der Waals surface area contributed by atoms with E-state index < -0.39 is 9.85 Å². The van der Waals surface area contributed by atoms with Crippen molar-refractivity contribution >= 4 is 46.0 Å². The Kier molecular flexibility index (Phi) is 4.99. The van der Waals surface area contributed by atoms with E-state index in [1.54, 1.807) is 25.1 Å². The quantitative estimate of drug-likeness (QED) is 0.486. The summed E-state index contributed by atoms with van der Waals surface area (Å²) in [6, 6.07) is 10.1. The van der Waals surface area contributed by atoms with Crippen LogP contribution in [0.3, 0.4) is 0 Å². The molecule has 0 aromatic heterocycles. The predicted octanol–water partition coefficient (Wildman–Crippen LogP) is 3.70. The Bertz CT molecular complexity index is 1010. The largest absolute Gasteiger partial charge is 0.300 e. The lowest BCUT2D eigenvalue weighted by Gasteiger charge is -2.01. The summed E-state index contributed by atoms with van der Waals surface area (Å²) in [5.41, 5.74) is 1.71. The van der Waals surface area contributed by atoms with Crippen molar-refractivity contribution in [2.75, 3.05) is 0 Å². The summed E-state index contributed by atoms with van der Waals surface area (Å²) in [5, 5.41) is 24.5. The van der Waals surface area contributed by atoms with Crippen LogP contribution in [0.4, 0.5) is 17.1 Å². The minimum Gasteiger partial charge on any atom is -0.300 e. The van der Waals surface area contributed by atoms with Gasteiger partial charge in [-0.2, -0.15) is 0 Å². The van der Waals surface area contributed by atoms with Crippen molar-refractivity contribution in [3.05, 3.63) is 78.7 Å². The number of nitro benzene ring substituents is 2. The number of nitrogens with zero attached hydrogens (tertiary/aromatic N) is 3. The van der Waals surface area contributed by atoms with Crippen molar-refractivity contribution < 1.29 is 14.6 Å². The molecule has 0 saturated carbocycles. The summed E-state index contributed by atoms with van der Waals surface area (Å²) >= 11 is 1.12. The van der Waals surface area contributed by atoms with E-state index in [1.165, 1.54) is 30.3 Å². The smallest absolute Gasteiger partial charge is 0.269 e. The van der Waals surface area contributed by atoms with Crippen molar-refractivity contribution in [2.45, 2.75) is 6.92 Å². The van der Waals surface area contributed by atoms with Gasteiger partial charge in [-0.05, 0) is 54.1 Å². The molecule has 1 saturated heterocycles. The average Bonchev–Trinajstić information content (AvgIpc) is 2.96. The fraction of sp³-hybridized carbons (Fsp3) is 0.0588. The molecule has 0 aliphatic carbocycles. The number of hydrogen-bond acceptors (Lipinski definition) is 7. The fourth-order valence-electron chi connectivity index (χ4n) is 2.31. The lowest BCUT2D eigenvalue weighted by Crippen LogP contribution is -2.19. The van der Waals surface area contributed by atoms with Gasteiger partial charge in [0.05, 0.1) is 20.4 Å². The molecule has 1 fully saturated rings. The molecule has 1 aliphatic rings. The molecule has 0 atom stereocenters. The summed E-state index contributed by atoms with van der Waals surface area (Å²) in [4.78, 5) is 37.3. The number of carbonyl (C=O) groups is 1. The predicted molar refractivity (Wildman–Crippen MR) is 102 cm³/mol. The molecular weight excluding hydrogens is 372 g/mol. The lowest BCUT2D eigenvalue weighted by molar-refractivity contribution is -0.385. The van der Waals surface area contributed by atoms with Crippen molar-refractivity contribution in [1.82, 2.24) is 5.32 Å². The van der Waals surface area contributed by atoms with E-state index in [0.717, 1.165) is 11.8 Å². The summed E-state index contributed by atoms with van der Waals surface area (Å²) < 4.78 is 0. The summed E-state index contributed by atoms with van der Waals surface area (Å²) in [6.45, 7) is 1.70. The van der Waals surface area contributed by atoms with Crippen LogP contribution in [0.5, 0.6) is 0 Å². The number of hydrogen-bond donors (Lipinski definition) is 1. The Morgan fingerprint density at radius 2 is 1.67 bits per heavy atom. The number of benzene rings is 2. The third kappa shape index (κ3) is 4.18. The SMILES string of the molecule is Cc1cc([N+](=O)[O-])ccc1N=C1NC(=O)/C(=C\c2ccc([N+](=O)[O-])cc2)S1. The number of nitrogens with one attached hydrogen (secondary N) is 1. The van der Waals surface area contributed by atoms with Gasteiger partial charge in [0.15, 0.2) is 5.17 Å². The molecule has 2 aromatic carbocycles. The van der Waals surface area contributed by atoms with Crippen LogP contribution in [0.15, 0.2) is 52.4 Å². The third-order valence-corrected chi connectivity index (χ3v) is 4.58. The number of amides is 1. The number of thioether (sulfide) groups is 1. The van der Waals surface area contributed by atoms with Gasteiger partial charge in [-0.15, -0.1) is 0 Å². The van der Waals surface area contributed by atoms with Gasteiger partial charge >= 0.3 is 0 Å². The van der Waals surface area contributed by atoms with E-state index in [-0.39, 0.29) is 17.3 Å². The van der Waals surface area contributed by atoms with Crippen LogP contribution in [0, 0.1) is 27.2 Å². The topological polar surface area (TPSA) is 128 Å². The second-order valence-electron chi connectivity index (χ2n) is 5.56. The van der Waals surface area contributed by atoms with Crippen molar-refractivity contribution in [3.63, 3.8) is 0 Å². The Labute approximate surface area is 157 Å². The molecule has 136 valence electrons. The van der Waals surface area contributed by atoms with Crippen molar-refractivity contribution in [2.24, 2.45) is 4.99 Å². The monoisotopic (exact) mass is 384 g/mol. The highest BCUT2D eigenvalue weighted by atomic mass is 32.2. The molecule has 1 heterocycles. The van der Waals surface area contributed by atoms with Gasteiger partial charge in [0.2, 0.25) is 0 Å². The zero-order chi connectivity index (χ0) is 19.6. The molecule has 0 unspecified atom stereocenters. The van der Waals surface area contributed by atoms with Gasteiger partial charge in [0.1, 0.15) is 0 Å². The third-order valence-electron chi connectivity index (χ3n) is 3.67. The molecule has 0 radical (unpaired) electrons. The first-order chi connectivity index (χ1) is 12.8. The van der Waals surface area contributed by atoms with E-state index >= 15 is 0 Å². The van der Waals surface area contributed by atoms with Gasteiger partial charge < -0.3 is 5.32 Å². The minimum atomic E-state index is -0.495. The van der Waals surface area contributed by atoms with Crippen LogP contribution in [0.1, 0.15) is 11.1 Å². The Hall–Kier alpha value is -3.53. The molecule has 27 heavy (non-hydrogen) atoms. The van der Waals surface area contributed by atoms with Gasteiger partial charge in [-0.1, -0.05) is 0 Å². The molecule has 1 aliphatic heterocycles. The highest BCUT2D eigenvalue weighted by Gasteiger charge is 2.24. The van der Waals surface area contributed by atoms with E-state index in [4.69, 9.17) is 0 Å². The van der Waals surface area contributed by atoms with Crippen LogP contribution in [0.2, 0.25) is 0 Å². The second kappa shape index (κ2) is 7.38. The maximum absolute atomic E-state index is 12.1. The summed E-state index contributed by atoms with van der Waals surface area (Å²) in [7, 11) is 0. The van der Waals surface area contributed by atoms with Crippen LogP contribution < -0.4 is 5.32 Å². The van der Waals surface area contributed by atoms with Gasteiger partial charge in [-0.25, -0.2) is 4.99 Å². The summed E-state index contributed by atoms with van der Waals surface area (Å²) in [5.74, 6) is -0.336. The first-order valence-corrected chi connectivity index (χ1v) is 8.44. The Morgan fingerprint density at radius 1 is 1.04 bits per heavy atom. The number of amidine groups is 1. The van der Waals surface area contributed by atoms with E-state index in [9.17, 15) is 25.0 Å². The molecule has 9 nitrogen and oxygen atoms in total. The number of non-ortho nitro benzene ring substituents is 2. The highest BCUT2D eigenvalue weighted by molar-refractivity contribution is 8.18. The fourth-order valence-corrected chi connectivity index (χ4v) is 3.15. The molecule has 0 spiro atoms. The number of rotatable bonds is 4. The zero-order valence-corrected chi connectivity index (χ0v) is 14.7. The number of aliphatic imine (C=N–C) groups is 1. The Morgan fingerprint density at radius 3 is 2.26 bits per heavy atom. The highest BCUT2D eigenvalue weighted by Crippen LogP contribution is 2.30. The van der Waals surface area contributed by atoms with Crippen molar-refractivity contribution in [1.29, 1.82) is 0 Å². The molecule has 3 rings (SSSR count). The van der Waals surface area contributed by atoms with Gasteiger partial charge in [0.25, 0.3) is 17.3 Å². The molecule has 1 amide bonds. The molecule has 0 bridgehead atoms. The van der Waals surface area contributed by atoms with E-state index in [0.29, 0.717) is 26.9 Å². The minimum absolute atomic E-state index is 0.0293. The average molecular weight is 384 g/mol. The number of nitro groups is 2. The van der Waals surface area contributed by atoms with Crippen LogP contribution in [-0.4, -0.2) is 20.9 Å². The number of aryl methyl sites for hydroxylation is 1. The van der Waals surface area contributed by atoms with E-state index in [2.05, 4.69) is 10.3 Å². The zero-order valence-electron chi connectivity index (χ0n) is 13.9. The van der Waals surface area contributed by atoms with Crippen LogP contribution in [-0.2, 0) is 4.79 Å². The van der Waals surface area contributed by atoms with Crippen LogP contribution in [0.25, 0.3) is 6.08 Å². The molecule has 2 aromatic rings. The molecular formula is C17H12N4O5S. The van der Waals surface area contributed by atoms with Crippen LogP contribution >= 0.6 is 11.8 Å². The molecule has 1 N–H and O–H groups in total. The maximum Gasteiger partial charge on any atom is 0.269 e. The maximum atomic E-state index is 12.1. The normalized spacial score (nSPS) is 16.6. The standard InChI is InChI=1S/C17H12N4O5S/c1-10-8-13(21(25)26)6-7-14(10)18-17-19-16(22)15(27-17)9-11-2-4-12(5-3-11)20(23)24/h2-9H,1H3,(H,18,19,22)/b15-9+. The van der Waals surface area contributed by atoms with Gasteiger partial charge in [0, 0.05) is 24.3 Å². The van der Waals surface area contributed by atoms with Crippen molar-refractivity contribution in [3.8, 4) is 0 Å². The first kappa shape index (κ1) is 18.3. The van der Waals surface area contributed by atoms with Gasteiger partial charge in [-0.3, -0.25) is 25.0 Å².